The van der Waals surface area contributed by atoms with Crippen LogP contribution in [-0.2, 0) is 16.1 Å². The molecule has 0 amide bonds. The number of halogens is 1. The van der Waals surface area contributed by atoms with Gasteiger partial charge >= 0.3 is 5.97 Å². The Hall–Kier alpha value is -3.66. The molecule has 10 heteroatoms. The molecule has 0 saturated carbocycles. The summed E-state index contributed by atoms with van der Waals surface area (Å²) in [5.74, 6) is 0.618. The number of benzene rings is 2. The number of hydrogen-bond acceptors (Lipinski definition) is 8. The summed E-state index contributed by atoms with van der Waals surface area (Å²) < 4.78 is 18.9. The van der Waals surface area contributed by atoms with Crippen LogP contribution in [0, 0.1) is 0 Å². The maximum atomic E-state index is 13.7. The Bertz CT molecular complexity index is 1740. The fourth-order valence-electron chi connectivity index (χ4n) is 4.32. The fraction of sp³-hybridized carbons (Fsp3) is 0.207. The molecule has 39 heavy (non-hydrogen) atoms. The van der Waals surface area contributed by atoms with Crippen molar-refractivity contribution in [1.29, 1.82) is 0 Å². The van der Waals surface area contributed by atoms with Crippen LogP contribution in [0.2, 0.25) is 5.02 Å². The second-order valence-corrected chi connectivity index (χ2v) is 11.0. The van der Waals surface area contributed by atoms with Gasteiger partial charge in [-0.25, -0.2) is 9.79 Å². The number of allylic oxidation sites excluding steroid dienone is 1. The van der Waals surface area contributed by atoms with Gasteiger partial charge in [-0.3, -0.25) is 9.36 Å². The van der Waals surface area contributed by atoms with E-state index in [1.165, 1.54) is 22.7 Å². The standard InChI is InChI=1S/C29H25ClN2O5S2/c1-4-36-28(34)25-17(2)31-29-32(26(25)23-10-7-13-38-23)27(33)24(39-29)15-18-11-12-21(22(14-18)35-3)37-16-19-8-5-6-9-20(19)30/h5-15,26H,4,16H2,1-3H3/t26-/m0/s1. The van der Waals surface area contributed by atoms with Gasteiger partial charge in [-0.2, -0.15) is 0 Å². The first-order valence-corrected chi connectivity index (χ1v) is 14.3. The van der Waals surface area contributed by atoms with Crippen molar-refractivity contribution in [2.45, 2.75) is 26.5 Å². The highest BCUT2D eigenvalue weighted by atomic mass is 35.5. The molecule has 0 bridgehead atoms. The molecular weight excluding hydrogens is 556 g/mol. The number of carbonyl (C=O) groups excluding carboxylic acids is 1. The summed E-state index contributed by atoms with van der Waals surface area (Å²) in [6.45, 7) is 4.05. The fourth-order valence-corrected chi connectivity index (χ4v) is 6.38. The van der Waals surface area contributed by atoms with Gasteiger partial charge in [0, 0.05) is 15.5 Å². The molecule has 1 atom stereocenters. The van der Waals surface area contributed by atoms with Crippen LogP contribution >= 0.6 is 34.3 Å². The predicted molar refractivity (Wildman–Crippen MR) is 153 cm³/mol. The Morgan fingerprint density at radius 3 is 2.69 bits per heavy atom. The topological polar surface area (TPSA) is 79.1 Å². The lowest BCUT2D eigenvalue weighted by molar-refractivity contribution is -0.139. The number of thiophene rings is 1. The Labute approximate surface area is 237 Å². The molecule has 0 spiro atoms. The number of ether oxygens (including phenoxy) is 3. The van der Waals surface area contributed by atoms with E-state index in [4.69, 9.17) is 25.8 Å². The highest BCUT2D eigenvalue weighted by molar-refractivity contribution is 7.10. The molecule has 1 aliphatic heterocycles. The largest absolute Gasteiger partial charge is 0.493 e. The summed E-state index contributed by atoms with van der Waals surface area (Å²) in [6.07, 6.45) is 1.79. The average Bonchev–Trinajstić information content (AvgIpc) is 3.56. The molecule has 0 aliphatic carbocycles. The first-order valence-electron chi connectivity index (χ1n) is 12.2. The van der Waals surface area contributed by atoms with E-state index in [0.717, 1.165) is 16.0 Å². The molecule has 1 aliphatic rings. The van der Waals surface area contributed by atoms with E-state index >= 15 is 0 Å². The van der Waals surface area contributed by atoms with Crippen LogP contribution in [-0.4, -0.2) is 24.3 Å². The van der Waals surface area contributed by atoms with Crippen molar-refractivity contribution < 1.29 is 19.0 Å². The van der Waals surface area contributed by atoms with Crippen molar-refractivity contribution in [2.75, 3.05) is 13.7 Å². The van der Waals surface area contributed by atoms with Crippen LogP contribution in [0.15, 0.2) is 81.0 Å². The number of methoxy groups -OCH3 is 1. The zero-order valence-corrected chi connectivity index (χ0v) is 23.9. The molecule has 0 radical (unpaired) electrons. The summed E-state index contributed by atoms with van der Waals surface area (Å²) >= 11 is 9.00. The van der Waals surface area contributed by atoms with Gasteiger partial charge in [0.1, 0.15) is 12.6 Å². The van der Waals surface area contributed by atoms with Crippen LogP contribution in [0.5, 0.6) is 11.5 Å². The molecule has 0 saturated heterocycles. The van der Waals surface area contributed by atoms with Crippen LogP contribution in [0.1, 0.15) is 35.9 Å². The van der Waals surface area contributed by atoms with E-state index in [1.54, 1.807) is 37.7 Å². The summed E-state index contributed by atoms with van der Waals surface area (Å²) in [7, 11) is 1.57. The van der Waals surface area contributed by atoms with Gasteiger partial charge < -0.3 is 14.2 Å². The van der Waals surface area contributed by atoms with Gasteiger partial charge in [-0.1, -0.05) is 53.3 Å². The number of esters is 1. The molecule has 0 N–H and O–H groups in total. The SMILES string of the molecule is CCOC(=O)C1=C(C)N=c2sc(=Cc3ccc(OCc4ccccc4Cl)c(OC)c3)c(=O)n2[C@H]1c1cccs1. The molecule has 7 nitrogen and oxygen atoms in total. The normalized spacial score (nSPS) is 15.1. The number of nitrogens with zero attached hydrogens (tertiary/aromatic N) is 2. The molecule has 2 aromatic carbocycles. The van der Waals surface area contributed by atoms with Gasteiger partial charge in [-0.15, -0.1) is 11.3 Å². The molecule has 3 heterocycles. The minimum atomic E-state index is -0.599. The molecule has 2 aromatic heterocycles. The Morgan fingerprint density at radius 1 is 1.15 bits per heavy atom. The highest BCUT2D eigenvalue weighted by Gasteiger charge is 2.33. The van der Waals surface area contributed by atoms with Crippen molar-refractivity contribution in [3.05, 3.63) is 112 Å². The van der Waals surface area contributed by atoms with Gasteiger partial charge in [0.25, 0.3) is 5.56 Å². The molecule has 0 fully saturated rings. The molecule has 200 valence electrons. The zero-order valence-electron chi connectivity index (χ0n) is 21.5. The van der Waals surface area contributed by atoms with Crippen molar-refractivity contribution in [3.63, 3.8) is 0 Å². The van der Waals surface area contributed by atoms with Crippen LogP contribution < -0.4 is 24.4 Å². The summed E-state index contributed by atoms with van der Waals surface area (Å²) in [5, 5.41) is 2.55. The second-order valence-electron chi connectivity index (χ2n) is 8.61. The van der Waals surface area contributed by atoms with E-state index in [0.29, 0.717) is 43.7 Å². The average molecular weight is 581 g/mol. The summed E-state index contributed by atoms with van der Waals surface area (Å²) in [6, 6.07) is 16.2. The van der Waals surface area contributed by atoms with E-state index in [1.807, 2.05) is 53.9 Å². The van der Waals surface area contributed by atoms with Crippen molar-refractivity contribution in [3.8, 4) is 11.5 Å². The maximum Gasteiger partial charge on any atom is 0.338 e. The molecule has 5 rings (SSSR count). The monoisotopic (exact) mass is 580 g/mol. The van der Waals surface area contributed by atoms with E-state index in [9.17, 15) is 9.59 Å². The summed E-state index contributed by atoms with van der Waals surface area (Å²) in [5.41, 5.74) is 2.31. The van der Waals surface area contributed by atoms with Gasteiger partial charge in [-0.05, 0) is 55.1 Å². The third-order valence-corrected chi connectivity index (χ3v) is 8.43. The number of hydrogen-bond donors (Lipinski definition) is 0. The van der Waals surface area contributed by atoms with E-state index in [2.05, 4.69) is 4.99 Å². The lowest BCUT2D eigenvalue weighted by Gasteiger charge is -2.23. The predicted octanol–water partition coefficient (Wildman–Crippen LogP) is 5.10. The van der Waals surface area contributed by atoms with Crippen LogP contribution in [0.25, 0.3) is 6.08 Å². The lowest BCUT2D eigenvalue weighted by Crippen LogP contribution is -2.39. The Kier molecular flexibility index (Phi) is 8.02. The third-order valence-electron chi connectivity index (χ3n) is 6.16. The minimum absolute atomic E-state index is 0.232. The van der Waals surface area contributed by atoms with E-state index in [-0.39, 0.29) is 12.2 Å². The first kappa shape index (κ1) is 26.9. The lowest BCUT2D eigenvalue weighted by atomic mass is 10.0. The number of aromatic nitrogens is 1. The third kappa shape index (κ3) is 5.43. The second kappa shape index (κ2) is 11.6. The van der Waals surface area contributed by atoms with Gasteiger partial charge in [0.15, 0.2) is 16.3 Å². The number of carbonyl (C=O) groups is 1. The van der Waals surface area contributed by atoms with Crippen molar-refractivity contribution in [1.82, 2.24) is 4.57 Å². The Balaban J connectivity index is 1.52. The number of fused-ring (bicyclic) bond motifs is 1. The van der Waals surface area contributed by atoms with Crippen LogP contribution in [0.3, 0.4) is 0 Å². The van der Waals surface area contributed by atoms with Gasteiger partial charge in [0.05, 0.1) is 29.5 Å². The van der Waals surface area contributed by atoms with Crippen molar-refractivity contribution >= 4 is 46.3 Å². The van der Waals surface area contributed by atoms with Gasteiger partial charge in [0.2, 0.25) is 0 Å². The molecular formula is C29H25ClN2O5S2. The van der Waals surface area contributed by atoms with E-state index < -0.39 is 12.0 Å². The zero-order chi connectivity index (χ0) is 27.5. The van der Waals surface area contributed by atoms with Crippen LogP contribution in [0.4, 0.5) is 0 Å². The molecule has 0 unspecified atom stereocenters. The Morgan fingerprint density at radius 2 is 1.97 bits per heavy atom. The smallest absolute Gasteiger partial charge is 0.338 e. The number of thiazole rings is 1. The summed E-state index contributed by atoms with van der Waals surface area (Å²) in [4.78, 5) is 32.6. The number of rotatable bonds is 8. The quantitative estimate of drug-likeness (QED) is 0.271. The molecule has 4 aromatic rings. The van der Waals surface area contributed by atoms with Crippen molar-refractivity contribution in [2.24, 2.45) is 4.99 Å². The highest BCUT2D eigenvalue weighted by Crippen LogP contribution is 2.33. The first-order chi connectivity index (χ1) is 18.9. The maximum absolute atomic E-state index is 13.7. The minimum Gasteiger partial charge on any atom is -0.493 e.